The highest BCUT2D eigenvalue weighted by Crippen LogP contribution is 2.05. The van der Waals surface area contributed by atoms with Crippen LogP contribution in [0.1, 0.15) is 24.8 Å². The molecule has 0 saturated carbocycles. The van der Waals surface area contributed by atoms with Crippen LogP contribution in [0.15, 0.2) is 30.3 Å². The molecule has 0 aliphatic carbocycles. The summed E-state index contributed by atoms with van der Waals surface area (Å²) in [6, 6.07) is 9.85. The van der Waals surface area contributed by atoms with E-state index in [0.717, 1.165) is 12.8 Å². The van der Waals surface area contributed by atoms with E-state index in [2.05, 4.69) is 0 Å². The number of hydrogen-bond donors (Lipinski definition) is 1. The van der Waals surface area contributed by atoms with Crippen molar-refractivity contribution in [1.29, 1.82) is 0 Å². The van der Waals surface area contributed by atoms with Crippen molar-refractivity contribution in [1.82, 2.24) is 0 Å². The van der Waals surface area contributed by atoms with Gasteiger partial charge >= 0.3 is 5.97 Å². The standard InChI is InChI=1S/C12H14O3/c13-11(9-12(14)15)8-4-7-10-5-2-1-3-6-10/h1-3,5-6H,4,7-9H2,(H,14,15). The highest BCUT2D eigenvalue weighted by Gasteiger charge is 2.06. The van der Waals surface area contributed by atoms with Gasteiger partial charge in [0.2, 0.25) is 0 Å². The molecule has 0 fully saturated rings. The predicted octanol–water partition coefficient (Wildman–Crippen LogP) is 2.05. The number of ketones is 1. The number of Topliss-reactive ketones (excluding diaryl/α,β-unsaturated/α-hetero) is 1. The van der Waals surface area contributed by atoms with Crippen LogP contribution >= 0.6 is 0 Å². The summed E-state index contributed by atoms with van der Waals surface area (Å²) in [5, 5.41) is 8.38. The molecule has 0 radical (unpaired) electrons. The number of carboxylic acids is 1. The van der Waals surface area contributed by atoms with Gasteiger partial charge in [0.25, 0.3) is 0 Å². The van der Waals surface area contributed by atoms with Gasteiger partial charge in [-0.3, -0.25) is 9.59 Å². The van der Waals surface area contributed by atoms with Gasteiger partial charge in [-0.2, -0.15) is 0 Å². The van der Waals surface area contributed by atoms with E-state index in [0.29, 0.717) is 6.42 Å². The smallest absolute Gasteiger partial charge is 0.310 e. The van der Waals surface area contributed by atoms with Gasteiger partial charge in [0.05, 0.1) is 0 Å². The summed E-state index contributed by atoms with van der Waals surface area (Å²) in [6.45, 7) is 0. The van der Waals surface area contributed by atoms with Gasteiger partial charge in [0, 0.05) is 6.42 Å². The summed E-state index contributed by atoms with van der Waals surface area (Å²) in [5.74, 6) is -1.24. The molecule has 80 valence electrons. The van der Waals surface area contributed by atoms with E-state index in [1.807, 2.05) is 30.3 Å². The molecule has 1 aromatic rings. The number of aliphatic carboxylic acids is 1. The van der Waals surface area contributed by atoms with Gasteiger partial charge in [-0.1, -0.05) is 30.3 Å². The molecular weight excluding hydrogens is 192 g/mol. The van der Waals surface area contributed by atoms with Gasteiger partial charge in [-0.25, -0.2) is 0 Å². The normalized spacial score (nSPS) is 9.87. The van der Waals surface area contributed by atoms with Crippen molar-refractivity contribution in [2.45, 2.75) is 25.7 Å². The van der Waals surface area contributed by atoms with Gasteiger partial charge in [0.1, 0.15) is 12.2 Å². The lowest BCUT2D eigenvalue weighted by Crippen LogP contribution is -2.06. The van der Waals surface area contributed by atoms with E-state index in [-0.39, 0.29) is 12.2 Å². The highest BCUT2D eigenvalue weighted by molar-refractivity contribution is 5.94. The van der Waals surface area contributed by atoms with Crippen LogP contribution in [0.5, 0.6) is 0 Å². The minimum Gasteiger partial charge on any atom is -0.481 e. The first-order valence-electron chi connectivity index (χ1n) is 4.96. The first-order chi connectivity index (χ1) is 7.18. The molecule has 0 atom stereocenters. The Labute approximate surface area is 88.7 Å². The summed E-state index contributed by atoms with van der Waals surface area (Å²) in [6.07, 6.45) is 1.54. The molecule has 0 amide bonds. The zero-order chi connectivity index (χ0) is 11.1. The zero-order valence-corrected chi connectivity index (χ0v) is 8.48. The number of hydrogen-bond acceptors (Lipinski definition) is 2. The maximum Gasteiger partial charge on any atom is 0.310 e. The van der Waals surface area contributed by atoms with E-state index < -0.39 is 5.97 Å². The van der Waals surface area contributed by atoms with Crippen molar-refractivity contribution >= 4 is 11.8 Å². The molecule has 15 heavy (non-hydrogen) atoms. The van der Waals surface area contributed by atoms with Crippen LogP contribution in [0, 0.1) is 0 Å². The molecular formula is C12H14O3. The summed E-state index contributed by atoms with van der Waals surface area (Å²) >= 11 is 0. The quantitative estimate of drug-likeness (QED) is 0.725. The lowest BCUT2D eigenvalue weighted by Gasteiger charge is -1.99. The summed E-state index contributed by atoms with van der Waals surface area (Å²) < 4.78 is 0. The average molecular weight is 206 g/mol. The zero-order valence-electron chi connectivity index (χ0n) is 8.48. The Balaban J connectivity index is 2.22. The van der Waals surface area contributed by atoms with Crippen LogP contribution in [-0.4, -0.2) is 16.9 Å². The van der Waals surface area contributed by atoms with E-state index in [9.17, 15) is 9.59 Å². The average Bonchev–Trinajstić information content (AvgIpc) is 2.18. The Kier molecular flexibility index (Phi) is 4.54. The molecule has 1 N–H and O–H groups in total. The molecule has 1 aromatic carbocycles. The number of rotatable bonds is 6. The minimum absolute atomic E-state index is 0.196. The molecule has 3 nitrogen and oxygen atoms in total. The Bertz CT molecular complexity index is 330. The van der Waals surface area contributed by atoms with Crippen molar-refractivity contribution in [3.05, 3.63) is 35.9 Å². The molecule has 0 aromatic heterocycles. The first-order valence-corrected chi connectivity index (χ1v) is 4.96. The van der Waals surface area contributed by atoms with Crippen molar-refractivity contribution in [2.24, 2.45) is 0 Å². The number of benzene rings is 1. The fourth-order valence-electron chi connectivity index (χ4n) is 1.39. The molecule has 0 aliphatic rings. The largest absolute Gasteiger partial charge is 0.481 e. The summed E-state index contributed by atoms with van der Waals surface area (Å²) in [7, 11) is 0. The van der Waals surface area contributed by atoms with Crippen molar-refractivity contribution in [3.63, 3.8) is 0 Å². The Morgan fingerprint density at radius 2 is 1.80 bits per heavy atom. The van der Waals surface area contributed by atoms with Gasteiger partial charge in [0.15, 0.2) is 0 Å². The van der Waals surface area contributed by atoms with E-state index in [1.54, 1.807) is 0 Å². The van der Waals surface area contributed by atoms with Crippen LogP contribution in [0.25, 0.3) is 0 Å². The monoisotopic (exact) mass is 206 g/mol. The fraction of sp³-hybridized carbons (Fsp3) is 0.333. The predicted molar refractivity (Wildman–Crippen MR) is 56.6 cm³/mol. The molecule has 0 spiro atoms. The third kappa shape index (κ3) is 4.96. The minimum atomic E-state index is -1.04. The van der Waals surface area contributed by atoms with E-state index in [1.165, 1.54) is 5.56 Å². The highest BCUT2D eigenvalue weighted by atomic mass is 16.4. The molecule has 0 saturated heterocycles. The van der Waals surface area contributed by atoms with Crippen molar-refractivity contribution in [2.75, 3.05) is 0 Å². The topological polar surface area (TPSA) is 54.4 Å². The van der Waals surface area contributed by atoms with Crippen LogP contribution < -0.4 is 0 Å². The lowest BCUT2D eigenvalue weighted by atomic mass is 10.1. The fourth-order valence-corrected chi connectivity index (χ4v) is 1.39. The molecule has 1 rings (SSSR count). The van der Waals surface area contributed by atoms with Crippen LogP contribution in [0.2, 0.25) is 0 Å². The summed E-state index contributed by atoms with van der Waals surface area (Å²) in [5.41, 5.74) is 1.18. The second-order valence-electron chi connectivity index (χ2n) is 3.45. The molecule has 0 bridgehead atoms. The maximum atomic E-state index is 11.1. The number of carbonyl (C=O) groups is 2. The van der Waals surface area contributed by atoms with E-state index >= 15 is 0 Å². The number of aryl methyl sites for hydroxylation is 1. The summed E-state index contributed by atoms with van der Waals surface area (Å²) in [4.78, 5) is 21.3. The van der Waals surface area contributed by atoms with Gasteiger partial charge in [-0.15, -0.1) is 0 Å². The third-order valence-electron chi connectivity index (χ3n) is 2.11. The Morgan fingerprint density at radius 3 is 2.40 bits per heavy atom. The van der Waals surface area contributed by atoms with Crippen LogP contribution in [0.4, 0.5) is 0 Å². The molecule has 0 aliphatic heterocycles. The van der Waals surface area contributed by atoms with Crippen LogP contribution in [-0.2, 0) is 16.0 Å². The van der Waals surface area contributed by atoms with Gasteiger partial charge < -0.3 is 5.11 Å². The maximum absolute atomic E-state index is 11.1. The second kappa shape index (κ2) is 5.96. The second-order valence-corrected chi connectivity index (χ2v) is 3.45. The van der Waals surface area contributed by atoms with Gasteiger partial charge in [-0.05, 0) is 18.4 Å². The molecule has 0 unspecified atom stereocenters. The lowest BCUT2D eigenvalue weighted by molar-refractivity contribution is -0.140. The molecule has 0 heterocycles. The SMILES string of the molecule is O=C(O)CC(=O)CCCc1ccccc1. The van der Waals surface area contributed by atoms with E-state index in [4.69, 9.17) is 5.11 Å². The van der Waals surface area contributed by atoms with Crippen molar-refractivity contribution in [3.8, 4) is 0 Å². The number of carbonyl (C=O) groups excluding carboxylic acids is 1. The van der Waals surface area contributed by atoms with Crippen LogP contribution in [0.3, 0.4) is 0 Å². The Hall–Kier alpha value is -1.64. The third-order valence-corrected chi connectivity index (χ3v) is 2.11. The first kappa shape index (κ1) is 11.4. The van der Waals surface area contributed by atoms with Crippen molar-refractivity contribution < 1.29 is 14.7 Å². The molecule has 3 heteroatoms. The number of carboxylic acid groups (broad SMARTS) is 1. The Morgan fingerprint density at radius 1 is 1.13 bits per heavy atom.